The van der Waals surface area contributed by atoms with Crippen molar-refractivity contribution in [3.8, 4) is 11.5 Å². The molecule has 0 saturated heterocycles. The Hall–Kier alpha value is -11.2. The van der Waals surface area contributed by atoms with Crippen LogP contribution in [0, 0.1) is 0 Å². The number of hydrogen-bond donors (Lipinski definition) is 2. The molecule has 0 saturated carbocycles. The van der Waals surface area contributed by atoms with Crippen LogP contribution < -0.4 is 38.7 Å². The smallest absolute Gasteiger partial charge is 0.336 e. The van der Waals surface area contributed by atoms with Crippen molar-refractivity contribution in [3.63, 3.8) is 0 Å². The van der Waals surface area contributed by atoms with Crippen LogP contribution in [0.2, 0.25) is 0 Å². The molecule has 6 aromatic heterocycles. The van der Waals surface area contributed by atoms with Gasteiger partial charge in [0, 0.05) is 59.7 Å². The van der Waals surface area contributed by atoms with Gasteiger partial charge in [-0.25, -0.2) is 19.6 Å². The molecule has 14 rings (SSSR count). The van der Waals surface area contributed by atoms with Crippen molar-refractivity contribution in [3.05, 3.63) is 333 Å². The zero-order valence-electron chi connectivity index (χ0n) is 48.8. The lowest BCUT2D eigenvalue weighted by molar-refractivity contribution is -0.690. The fourth-order valence-corrected chi connectivity index (χ4v) is 13.0. The lowest BCUT2D eigenvalue weighted by Gasteiger charge is -2.25. The minimum atomic E-state index is -1.09. The van der Waals surface area contributed by atoms with Gasteiger partial charge in [0.05, 0.1) is 104 Å². The largest absolute Gasteiger partial charge is 0.478 e. The number of alkyl halides is 1. The van der Waals surface area contributed by atoms with Gasteiger partial charge in [-0.3, -0.25) is 0 Å². The second kappa shape index (κ2) is 24.2. The number of rotatable bonds is 18. The summed E-state index contributed by atoms with van der Waals surface area (Å²) in [6.07, 6.45) is 16.2. The minimum Gasteiger partial charge on any atom is -0.478 e. The summed E-state index contributed by atoms with van der Waals surface area (Å²) in [5.41, 5.74) is 12.3. The van der Waals surface area contributed by atoms with E-state index in [0.717, 1.165) is 56.1 Å². The van der Waals surface area contributed by atoms with Crippen LogP contribution in [0.25, 0.3) is 22.3 Å². The molecule has 4 aromatic carbocycles. The maximum atomic E-state index is 12.9. The Morgan fingerprint density at radius 3 is 1.16 bits per heavy atom. The predicted octanol–water partition coefficient (Wildman–Crippen LogP) is 9.12. The Labute approximate surface area is 521 Å². The highest BCUT2D eigenvalue weighted by molar-refractivity contribution is 6.31. The number of hydrogen-bond acceptors (Lipinski definition) is 8. The van der Waals surface area contributed by atoms with Crippen LogP contribution >= 0.6 is 11.6 Å². The van der Waals surface area contributed by atoms with Crippen molar-refractivity contribution in [2.75, 3.05) is 14.2 Å². The standard InChI is InChI=1S/C73H55ClN8O8/c1-87-89-65-29-9-5-21-49(65)45-79-41-17-13-27-59(79)69-55-33-34-56(76-55)70(60-28-14-18-42-80(60)46-50-22-6-10-30-66(50)90-88-2)64-38-36-62-68(58-26-12-16-40-78(58)44-48-20-4-8-24-52(48)72(85)86)54-32-31-53(75-54)67(61-35-37-63(69)81(61)73(74)82(62)64)57-25-11-15-39-77(57)43-47-19-3-7-23-51(47)71(83)84/h3-42,73H,43-46H2,1-2H3/q+2/p+2. The molecule has 0 aliphatic carbocycles. The first kappa shape index (κ1) is 56.6. The number of benzene rings is 4. The molecule has 0 spiro atoms. The molecule has 10 heterocycles. The van der Waals surface area contributed by atoms with Gasteiger partial charge in [-0.05, 0) is 109 Å². The predicted molar refractivity (Wildman–Crippen MR) is 337 cm³/mol. The number of allylic oxidation sites excluding steroid dienone is 4. The van der Waals surface area contributed by atoms with E-state index in [9.17, 15) is 19.8 Å². The van der Waals surface area contributed by atoms with Crippen molar-refractivity contribution >= 4 is 57.3 Å². The summed E-state index contributed by atoms with van der Waals surface area (Å²) in [5, 5.41) is 22.5. The molecule has 90 heavy (non-hydrogen) atoms. The summed E-state index contributed by atoms with van der Waals surface area (Å²) >= 11 is 8.77. The van der Waals surface area contributed by atoms with Crippen LogP contribution in [-0.2, 0) is 36.0 Å². The van der Waals surface area contributed by atoms with E-state index in [1.807, 2.05) is 170 Å². The van der Waals surface area contributed by atoms with Gasteiger partial charge >= 0.3 is 11.9 Å². The van der Waals surface area contributed by atoms with Crippen LogP contribution in [-0.4, -0.2) is 56.9 Å². The molecular formula is C73H57ClN8O8+4. The Bertz CT molecular complexity index is 4930. The van der Waals surface area contributed by atoms with E-state index in [1.54, 1.807) is 24.3 Å². The molecule has 16 nitrogen and oxygen atoms in total. The van der Waals surface area contributed by atoms with E-state index < -0.39 is 17.6 Å². The van der Waals surface area contributed by atoms with Crippen LogP contribution in [0.15, 0.2) is 265 Å². The number of aromatic carboxylic acids is 2. The molecule has 0 radical (unpaired) electrons. The van der Waals surface area contributed by atoms with Gasteiger partial charge in [0.1, 0.15) is 0 Å². The van der Waals surface area contributed by atoms with Gasteiger partial charge in [-0.2, -0.15) is 28.0 Å². The molecule has 440 valence electrons. The number of carbonyl (C=O) groups is 2. The van der Waals surface area contributed by atoms with Gasteiger partial charge in [-0.15, -0.1) is 0 Å². The average molecular weight is 1210 g/mol. The molecule has 17 heteroatoms. The zero-order chi connectivity index (χ0) is 61.4. The van der Waals surface area contributed by atoms with Crippen LogP contribution in [0.4, 0.5) is 0 Å². The summed E-state index contributed by atoms with van der Waals surface area (Å²) in [6.45, 7) is 1.15. The average Bonchev–Trinajstić information content (AvgIpc) is 1.69. The Kier molecular flexibility index (Phi) is 15.2. The number of carboxylic acid groups (broad SMARTS) is 2. The summed E-state index contributed by atoms with van der Waals surface area (Å²) in [4.78, 5) is 59.1. The van der Waals surface area contributed by atoms with Crippen LogP contribution in [0.3, 0.4) is 0 Å². The summed E-state index contributed by atoms with van der Waals surface area (Å²) < 4.78 is 12.8. The second-order valence-corrected chi connectivity index (χ2v) is 22.1. The molecule has 2 N–H and O–H groups in total. The third-order valence-corrected chi connectivity index (χ3v) is 16.9. The van der Waals surface area contributed by atoms with E-state index in [1.165, 1.54) is 14.2 Å². The van der Waals surface area contributed by atoms with E-state index in [2.05, 4.69) is 76.0 Å². The zero-order valence-corrected chi connectivity index (χ0v) is 49.6. The quantitative estimate of drug-likeness (QED) is 0.0372. The lowest BCUT2D eigenvalue weighted by atomic mass is 10.0. The maximum absolute atomic E-state index is 12.9. The van der Waals surface area contributed by atoms with Gasteiger partial charge < -0.3 is 29.1 Å². The molecule has 4 aliphatic rings. The van der Waals surface area contributed by atoms with Crippen molar-refractivity contribution < 1.29 is 57.6 Å². The molecule has 10 aromatic rings. The SMILES string of the molecule is COOc1ccccc1C[n+]1ccccc1C1=C2C=CC(=N2)C(c2cccc[n+]2Cc2ccccc2OOC)=c2ccc3n2C(Cl)n2c1ccc2C(c1cccc[n+]1Cc1ccccc1C(=O)O)=C1C=CC(=N1)C=3c1cccc[n+]1Cc1ccccc1C(=O)O. The van der Waals surface area contributed by atoms with Gasteiger partial charge in [0.15, 0.2) is 68.1 Å². The van der Waals surface area contributed by atoms with E-state index in [0.29, 0.717) is 80.7 Å². The molecule has 0 fully saturated rings. The number of para-hydroxylation sites is 2. The highest BCUT2D eigenvalue weighted by Crippen LogP contribution is 2.41. The first-order chi connectivity index (χ1) is 44.1. The number of fused-ring (bicyclic) bond motifs is 2. The monoisotopic (exact) mass is 1210 g/mol. The number of aliphatic imine (C=N–C) groups is 2. The normalized spacial score (nSPS) is 14.6. The molecule has 6 bridgehead atoms. The fourth-order valence-electron chi connectivity index (χ4n) is 12.6. The lowest BCUT2D eigenvalue weighted by Crippen LogP contribution is -2.44. The topological polar surface area (TPSA) is 162 Å². The van der Waals surface area contributed by atoms with Gasteiger partial charge in [0.25, 0.3) is 0 Å². The Morgan fingerprint density at radius 2 is 0.767 bits per heavy atom. The first-order valence-corrected chi connectivity index (χ1v) is 29.6. The van der Waals surface area contributed by atoms with Crippen molar-refractivity contribution in [2.24, 2.45) is 9.98 Å². The van der Waals surface area contributed by atoms with Crippen molar-refractivity contribution in [1.29, 1.82) is 0 Å². The van der Waals surface area contributed by atoms with Crippen LogP contribution in [0.1, 0.15) is 82.8 Å². The Balaban J connectivity index is 1.12. The summed E-state index contributed by atoms with van der Waals surface area (Å²) in [6, 6.07) is 62.0. The number of aromatic nitrogens is 6. The molecular weight excluding hydrogens is 1150 g/mol. The van der Waals surface area contributed by atoms with E-state index in [4.69, 9.17) is 41.1 Å². The highest BCUT2D eigenvalue weighted by atomic mass is 35.5. The number of halogens is 1. The van der Waals surface area contributed by atoms with Crippen molar-refractivity contribution in [1.82, 2.24) is 9.13 Å². The maximum Gasteiger partial charge on any atom is 0.336 e. The minimum absolute atomic E-state index is 0.187. The fraction of sp³-hybridized carbons (Fsp3) is 0.0959. The number of carboxylic acids is 2. The molecule has 4 aliphatic heterocycles. The summed E-state index contributed by atoms with van der Waals surface area (Å²) in [5.74, 6) is -0.937. The van der Waals surface area contributed by atoms with Gasteiger partial charge in [-0.1, -0.05) is 72.3 Å². The third kappa shape index (κ3) is 10.3. The number of pyridine rings is 4. The molecule has 1 unspecified atom stereocenters. The second-order valence-electron chi connectivity index (χ2n) is 21.7. The first-order valence-electron chi connectivity index (χ1n) is 29.2. The number of nitrogens with zero attached hydrogens (tertiary/aromatic N) is 8. The van der Waals surface area contributed by atoms with E-state index in [-0.39, 0.29) is 24.2 Å². The van der Waals surface area contributed by atoms with E-state index >= 15 is 0 Å². The van der Waals surface area contributed by atoms with Crippen molar-refractivity contribution in [2.45, 2.75) is 31.8 Å². The summed E-state index contributed by atoms with van der Waals surface area (Å²) in [7, 11) is 2.97. The Morgan fingerprint density at radius 1 is 0.422 bits per heavy atom. The third-order valence-electron chi connectivity index (χ3n) is 16.5. The molecule has 1 atom stereocenters. The highest BCUT2D eigenvalue weighted by Gasteiger charge is 2.38. The van der Waals surface area contributed by atoms with Crippen LogP contribution in [0.5, 0.6) is 11.5 Å². The molecule has 0 amide bonds. The van der Waals surface area contributed by atoms with Gasteiger partial charge in [0.2, 0.25) is 22.8 Å².